The van der Waals surface area contributed by atoms with Crippen LogP contribution in [-0.4, -0.2) is 47.1 Å². The van der Waals surface area contributed by atoms with Gasteiger partial charge in [-0.1, -0.05) is 5.16 Å². The van der Waals surface area contributed by atoms with Crippen LogP contribution in [0.25, 0.3) is 0 Å². The van der Waals surface area contributed by atoms with E-state index >= 15 is 0 Å². The molecule has 1 aliphatic heterocycles. The molecule has 6 heteroatoms. The van der Waals surface area contributed by atoms with Crippen LogP contribution in [0.5, 0.6) is 0 Å². The Labute approximate surface area is 106 Å². The van der Waals surface area contributed by atoms with Crippen molar-refractivity contribution in [3.63, 3.8) is 0 Å². The van der Waals surface area contributed by atoms with Crippen molar-refractivity contribution in [3.8, 4) is 0 Å². The molecule has 2 aliphatic rings. The van der Waals surface area contributed by atoms with Crippen molar-refractivity contribution >= 4 is 0 Å². The minimum atomic E-state index is -0.274. The molecule has 100 valence electrons. The molecule has 1 aliphatic carbocycles. The van der Waals surface area contributed by atoms with Gasteiger partial charge in [0.25, 0.3) is 0 Å². The van der Waals surface area contributed by atoms with Gasteiger partial charge in [-0.25, -0.2) is 0 Å². The fourth-order valence-corrected chi connectivity index (χ4v) is 2.88. The lowest BCUT2D eigenvalue weighted by Crippen LogP contribution is -2.42. The van der Waals surface area contributed by atoms with Crippen LogP contribution in [0.3, 0.4) is 0 Å². The SMILES string of the molecule is CN(Cc1ncon1)C1CCC2(CC1)OCCO2. The zero-order valence-corrected chi connectivity index (χ0v) is 10.7. The number of ether oxygens (including phenoxy) is 2. The third kappa shape index (κ3) is 2.41. The van der Waals surface area contributed by atoms with Crippen LogP contribution in [0.2, 0.25) is 0 Å². The van der Waals surface area contributed by atoms with E-state index in [0.717, 1.165) is 51.3 Å². The summed E-state index contributed by atoms with van der Waals surface area (Å²) in [6.45, 7) is 2.21. The first-order chi connectivity index (χ1) is 8.77. The van der Waals surface area contributed by atoms with E-state index < -0.39 is 0 Å². The van der Waals surface area contributed by atoms with Gasteiger partial charge in [0.2, 0.25) is 6.39 Å². The average Bonchev–Trinajstić information content (AvgIpc) is 3.03. The van der Waals surface area contributed by atoms with Gasteiger partial charge in [0.15, 0.2) is 11.6 Å². The molecular formula is C12H19N3O3. The normalized spacial score (nSPS) is 24.1. The van der Waals surface area contributed by atoms with Crippen LogP contribution in [0.15, 0.2) is 10.9 Å². The summed E-state index contributed by atoms with van der Waals surface area (Å²) >= 11 is 0. The van der Waals surface area contributed by atoms with E-state index in [1.807, 2.05) is 0 Å². The molecule has 0 atom stereocenters. The summed E-state index contributed by atoms with van der Waals surface area (Å²) in [6, 6.07) is 0.543. The highest BCUT2D eigenvalue weighted by Gasteiger charge is 2.41. The summed E-state index contributed by atoms with van der Waals surface area (Å²) in [7, 11) is 2.11. The Hall–Kier alpha value is -0.980. The maximum atomic E-state index is 5.73. The summed E-state index contributed by atoms with van der Waals surface area (Å²) in [5.74, 6) is 0.467. The Kier molecular flexibility index (Phi) is 3.32. The molecule has 6 nitrogen and oxygen atoms in total. The number of nitrogens with zero attached hydrogens (tertiary/aromatic N) is 3. The summed E-state index contributed by atoms with van der Waals surface area (Å²) in [5.41, 5.74) is 0. The van der Waals surface area contributed by atoms with E-state index in [-0.39, 0.29) is 5.79 Å². The first-order valence-electron chi connectivity index (χ1n) is 6.51. The molecule has 0 radical (unpaired) electrons. The quantitative estimate of drug-likeness (QED) is 0.806. The molecule has 18 heavy (non-hydrogen) atoms. The molecule has 2 fully saturated rings. The number of hydrogen-bond acceptors (Lipinski definition) is 6. The van der Waals surface area contributed by atoms with Gasteiger partial charge in [-0.2, -0.15) is 4.98 Å². The molecule has 0 bridgehead atoms. The summed E-state index contributed by atoms with van der Waals surface area (Å²) in [5, 5.41) is 3.84. The molecule has 3 rings (SSSR count). The predicted molar refractivity (Wildman–Crippen MR) is 62.7 cm³/mol. The van der Waals surface area contributed by atoms with Crippen LogP contribution in [0, 0.1) is 0 Å². The van der Waals surface area contributed by atoms with E-state index in [0.29, 0.717) is 6.04 Å². The third-order valence-electron chi connectivity index (χ3n) is 3.95. The minimum absolute atomic E-state index is 0.274. The molecule has 0 aromatic carbocycles. The summed E-state index contributed by atoms with van der Waals surface area (Å²) in [6.07, 6.45) is 5.52. The van der Waals surface area contributed by atoms with Crippen molar-refractivity contribution in [1.29, 1.82) is 0 Å². The number of aromatic nitrogens is 2. The van der Waals surface area contributed by atoms with E-state index in [9.17, 15) is 0 Å². The second-order valence-electron chi connectivity index (χ2n) is 5.10. The van der Waals surface area contributed by atoms with Gasteiger partial charge in [0.05, 0.1) is 19.8 Å². The molecule has 0 unspecified atom stereocenters. The molecule has 1 saturated carbocycles. The topological polar surface area (TPSA) is 60.6 Å². The van der Waals surface area contributed by atoms with Crippen molar-refractivity contribution < 1.29 is 14.0 Å². The Morgan fingerprint density at radius 2 is 2.06 bits per heavy atom. The van der Waals surface area contributed by atoms with Crippen LogP contribution >= 0.6 is 0 Å². The maximum Gasteiger partial charge on any atom is 0.213 e. The second kappa shape index (κ2) is 4.95. The fourth-order valence-electron chi connectivity index (χ4n) is 2.88. The highest BCUT2D eigenvalue weighted by atomic mass is 16.7. The lowest BCUT2D eigenvalue weighted by Gasteiger charge is -2.38. The first kappa shape index (κ1) is 12.1. The van der Waals surface area contributed by atoms with Gasteiger partial charge in [0.1, 0.15) is 0 Å². The molecule has 1 aromatic rings. The summed E-state index contributed by atoms with van der Waals surface area (Å²) in [4.78, 5) is 6.34. The Bertz CT molecular complexity index is 366. The smallest absolute Gasteiger partial charge is 0.213 e. The van der Waals surface area contributed by atoms with Crippen LogP contribution in [0.1, 0.15) is 31.5 Å². The van der Waals surface area contributed by atoms with Gasteiger partial charge in [-0.15, -0.1) is 0 Å². The Balaban J connectivity index is 1.52. The lowest BCUT2D eigenvalue weighted by atomic mass is 9.89. The predicted octanol–water partition coefficient (Wildman–Crippen LogP) is 1.19. The largest absolute Gasteiger partial charge is 0.348 e. The Morgan fingerprint density at radius 3 is 2.67 bits per heavy atom. The zero-order chi connectivity index (χ0) is 12.4. The van der Waals surface area contributed by atoms with E-state index in [2.05, 4.69) is 22.1 Å². The van der Waals surface area contributed by atoms with Crippen LogP contribution < -0.4 is 0 Å². The lowest BCUT2D eigenvalue weighted by molar-refractivity contribution is -0.183. The average molecular weight is 253 g/mol. The molecule has 2 heterocycles. The standard InChI is InChI=1S/C12H19N3O3/c1-15(8-11-13-9-18-14-11)10-2-4-12(5-3-10)16-6-7-17-12/h9-10H,2-8H2,1H3. The van der Waals surface area contributed by atoms with Crippen molar-refractivity contribution in [1.82, 2.24) is 15.0 Å². The molecule has 0 N–H and O–H groups in total. The van der Waals surface area contributed by atoms with Crippen molar-refractivity contribution in [2.24, 2.45) is 0 Å². The van der Waals surface area contributed by atoms with Crippen LogP contribution in [0.4, 0.5) is 0 Å². The highest BCUT2D eigenvalue weighted by molar-refractivity contribution is 4.88. The molecule has 0 amide bonds. The molecule has 1 aromatic heterocycles. The number of hydrogen-bond donors (Lipinski definition) is 0. The second-order valence-corrected chi connectivity index (χ2v) is 5.10. The molecule has 1 spiro atoms. The van der Waals surface area contributed by atoms with E-state index in [4.69, 9.17) is 14.0 Å². The van der Waals surface area contributed by atoms with Crippen molar-refractivity contribution in [3.05, 3.63) is 12.2 Å². The Morgan fingerprint density at radius 1 is 1.33 bits per heavy atom. The fraction of sp³-hybridized carbons (Fsp3) is 0.833. The molecular weight excluding hydrogens is 234 g/mol. The van der Waals surface area contributed by atoms with Gasteiger partial charge in [-0.05, 0) is 19.9 Å². The number of rotatable bonds is 3. The van der Waals surface area contributed by atoms with Crippen LogP contribution in [-0.2, 0) is 16.0 Å². The van der Waals surface area contributed by atoms with Gasteiger partial charge in [0, 0.05) is 18.9 Å². The van der Waals surface area contributed by atoms with Crippen molar-refractivity contribution in [2.75, 3.05) is 20.3 Å². The van der Waals surface area contributed by atoms with E-state index in [1.54, 1.807) is 0 Å². The van der Waals surface area contributed by atoms with Gasteiger partial charge >= 0.3 is 0 Å². The highest BCUT2D eigenvalue weighted by Crippen LogP contribution is 2.37. The summed E-state index contributed by atoms with van der Waals surface area (Å²) < 4.78 is 16.2. The molecule has 1 saturated heterocycles. The maximum absolute atomic E-state index is 5.73. The monoisotopic (exact) mass is 253 g/mol. The van der Waals surface area contributed by atoms with Gasteiger partial charge in [-0.3, -0.25) is 4.90 Å². The van der Waals surface area contributed by atoms with Gasteiger partial charge < -0.3 is 14.0 Å². The third-order valence-corrected chi connectivity index (χ3v) is 3.95. The minimum Gasteiger partial charge on any atom is -0.348 e. The van der Waals surface area contributed by atoms with E-state index in [1.165, 1.54) is 6.39 Å². The van der Waals surface area contributed by atoms with Crippen molar-refractivity contribution in [2.45, 2.75) is 44.1 Å². The zero-order valence-electron chi connectivity index (χ0n) is 10.7. The first-order valence-corrected chi connectivity index (χ1v) is 6.51.